The Morgan fingerprint density at radius 1 is 0.523 bits per heavy atom. The molecule has 7 unspecified atom stereocenters. The van der Waals surface area contributed by atoms with Gasteiger partial charge in [0.05, 0.1) is 48.8 Å². The summed E-state index contributed by atoms with van der Waals surface area (Å²) >= 11 is 0. The van der Waals surface area contributed by atoms with E-state index in [9.17, 15) is 9.59 Å². The Labute approximate surface area is 382 Å². The fourth-order valence-electron chi connectivity index (χ4n) is 9.25. The number of carbonyl (C=O) groups is 2. The van der Waals surface area contributed by atoms with Crippen molar-refractivity contribution in [3.05, 3.63) is 131 Å². The molecule has 7 atom stereocenters. The van der Waals surface area contributed by atoms with E-state index in [2.05, 4.69) is 25.1 Å². The van der Waals surface area contributed by atoms with Crippen molar-refractivity contribution in [1.82, 2.24) is 0 Å². The molecule has 5 aromatic carbocycles. The molecule has 0 radical (unpaired) electrons. The SMILES string of the molecule is CC(Cc1ccc(OC(=O)c2ccc(OCCCCOCC3CCC4OC4C3)cc2)cc1)c1ccc2cc(OC(=O)c3ccc(OCCCCOCC4CCC5OC5C4)cc3)ccc2c1. The molecular weight excluding hydrogens is 821 g/mol. The molecule has 4 fully saturated rings. The normalized spacial score (nSPS) is 22.3. The molecule has 2 heterocycles. The maximum atomic E-state index is 13.0. The fraction of sp³-hybridized carbons (Fsp3) is 0.455. The Morgan fingerprint density at radius 3 is 1.55 bits per heavy atom. The van der Waals surface area contributed by atoms with Gasteiger partial charge in [-0.1, -0.05) is 43.3 Å². The predicted octanol–water partition coefficient (Wildman–Crippen LogP) is 11.1. The Bertz CT molecular complexity index is 2330. The molecule has 2 aliphatic carbocycles. The number of rotatable bonds is 23. The molecule has 5 aromatic rings. The van der Waals surface area contributed by atoms with E-state index in [1.54, 1.807) is 24.3 Å². The van der Waals surface area contributed by atoms with Gasteiger partial charge in [-0.15, -0.1) is 0 Å². The van der Waals surface area contributed by atoms with Gasteiger partial charge in [0, 0.05) is 26.4 Å². The highest BCUT2D eigenvalue weighted by molar-refractivity contribution is 5.92. The van der Waals surface area contributed by atoms with Gasteiger partial charge in [0.15, 0.2) is 0 Å². The summed E-state index contributed by atoms with van der Waals surface area (Å²) in [5, 5.41) is 2.06. The molecule has 0 spiro atoms. The van der Waals surface area contributed by atoms with Crippen LogP contribution in [0.1, 0.15) is 109 Å². The number of hydrogen-bond donors (Lipinski definition) is 0. The van der Waals surface area contributed by atoms with Crippen molar-refractivity contribution in [1.29, 1.82) is 0 Å². The lowest BCUT2D eigenvalue weighted by Gasteiger charge is -2.18. The third kappa shape index (κ3) is 13.0. The average molecular weight is 883 g/mol. The lowest BCUT2D eigenvalue weighted by molar-refractivity contribution is 0.0725. The maximum absolute atomic E-state index is 13.0. The largest absolute Gasteiger partial charge is 0.494 e. The number of fused-ring (bicyclic) bond motifs is 3. The first-order chi connectivity index (χ1) is 31.9. The Hall–Kier alpha value is -5.26. The number of hydrogen-bond acceptors (Lipinski definition) is 10. The molecule has 4 aliphatic rings. The highest BCUT2D eigenvalue weighted by atomic mass is 16.6. The number of ether oxygens (including phenoxy) is 8. The second-order valence-electron chi connectivity index (χ2n) is 18.4. The second kappa shape index (κ2) is 21.8. The molecule has 10 heteroatoms. The summed E-state index contributed by atoms with van der Waals surface area (Å²) in [7, 11) is 0. The van der Waals surface area contributed by atoms with Crippen molar-refractivity contribution < 1.29 is 47.5 Å². The standard InChI is InChI=1S/C55H62O10/c1-37(30-38-6-17-48(18-7-38)62-54(56)41-12-19-46(20-13-41)60-28-4-2-26-58-35-39-8-24-50-52(31-39)64-50)43-10-11-45-34-49(23-16-44(45)33-43)63-55(57)42-14-21-47(22-15-42)61-29-5-3-27-59-36-40-9-25-51-53(32-40)65-51/h6-7,10-23,33-34,37,39-40,50-53H,2-5,8-9,24-32,35-36H2,1H3. The van der Waals surface area contributed by atoms with Crippen LogP contribution in [0.25, 0.3) is 10.8 Å². The van der Waals surface area contributed by atoms with E-state index < -0.39 is 11.9 Å². The van der Waals surface area contributed by atoms with Gasteiger partial charge in [0.2, 0.25) is 0 Å². The van der Waals surface area contributed by atoms with Gasteiger partial charge in [0.1, 0.15) is 23.0 Å². The van der Waals surface area contributed by atoms with Crippen LogP contribution in [-0.2, 0) is 25.4 Å². The number of epoxide rings is 2. The van der Waals surface area contributed by atoms with Crippen molar-refractivity contribution in [3.8, 4) is 23.0 Å². The van der Waals surface area contributed by atoms with Crippen molar-refractivity contribution in [2.75, 3.05) is 39.6 Å². The molecule has 0 amide bonds. The van der Waals surface area contributed by atoms with Crippen LogP contribution >= 0.6 is 0 Å². The number of esters is 2. The monoisotopic (exact) mass is 882 g/mol. The Kier molecular flexibility index (Phi) is 15.1. The molecule has 0 N–H and O–H groups in total. The van der Waals surface area contributed by atoms with Crippen LogP contribution in [0.15, 0.2) is 109 Å². The molecule has 2 saturated carbocycles. The quantitative estimate of drug-likeness (QED) is 0.0272. The highest BCUT2D eigenvalue weighted by Gasteiger charge is 2.44. The van der Waals surface area contributed by atoms with Gasteiger partial charge in [-0.05, 0) is 183 Å². The van der Waals surface area contributed by atoms with E-state index in [4.69, 9.17) is 37.9 Å². The summed E-state index contributed by atoms with van der Waals surface area (Å²) in [5.41, 5.74) is 3.27. The summed E-state index contributed by atoms with van der Waals surface area (Å²) in [6, 6.07) is 34.0. The van der Waals surface area contributed by atoms with E-state index in [1.807, 2.05) is 66.7 Å². The lowest BCUT2D eigenvalue weighted by Crippen LogP contribution is -2.18. The summed E-state index contributed by atoms with van der Waals surface area (Å²) in [4.78, 5) is 25.9. The minimum Gasteiger partial charge on any atom is -0.494 e. The lowest BCUT2D eigenvalue weighted by atomic mass is 9.90. The van der Waals surface area contributed by atoms with Gasteiger partial charge < -0.3 is 37.9 Å². The Morgan fingerprint density at radius 2 is 1.00 bits per heavy atom. The van der Waals surface area contributed by atoms with Gasteiger partial charge >= 0.3 is 11.9 Å². The van der Waals surface area contributed by atoms with E-state index in [0.29, 0.717) is 72.1 Å². The average Bonchev–Trinajstić information content (AvgIpc) is 4.27. The summed E-state index contributed by atoms with van der Waals surface area (Å²) in [6.07, 6.45) is 13.7. The first-order valence-corrected chi connectivity index (χ1v) is 23.9. The zero-order chi connectivity index (χ0) is 44.4. The van der Waals surface area contributed by atoms with Crippen molar-refractivity contribution >= 4 is 22.7 Å². The minimum atomic E-state index is -0.416. The Balaban J connectivity index is 0.655. The van der Waals surface area contributed by atoms with Gasteiger partial charge in [0.25, 0.3) is 0 Å². The van der Waals surface area contributed by atoms with Gasteiger partial charge in [-0.2, -0.15) is 0 Å². The van der Waals surface area contributed by atoms with Gasteiger partial charge in [-0.25, -0.2) is 9.59 Å². The first-order valence-electron chi connectivity index (χ1n) is 23.9. The van der Waals surface area contributed by atoms with E-state index in [0.717, 1.165) is 99.2 Å². The van der Waals surface area contributed by atoms with E-state index >= 15 is 0 Å². The van der Waals surface area contributed by atoms with Crippen molar-refractivity contribution in [2.45, 2.75) is 108 Å². The van der Waals surface area contributed by atoms with Crippen molar-refractivity contribution in [2.24, 2.45) is 11.8 Å². The van der Waals surface area contributed by atoms with Crippen LogP contribution < -0.4 is 18.9 Å². The topological polar surface area (TPSA) is 115 Å². The molecule has 0 bridgehead atoms. The summed E-state index contributed by atoms with van der Waals surface area (Å²) in [6.45, 7) is 6.56. The number of carbonyl (C=O) groups excluding carboxylic acids is 2. The summed E-state index contributed by atoms with van der Waals surface area (Å²) < 4.78 is 46.3. The molecule has 342 valence electrons. The van der Waals surface area contributed by atoms with Crippen LogP contribution in [-0.4, -0.2) is 76.0 Å². The molecule has 2 saturated heterocycles. The third-order valence-corrected chi connectivity index (χ3v) is 13.3. The fourth-order valence-corrected chi connectivity index (χ4v) is 9.25. The van der Waals surface area contributed by atoms with E-state index in [-0.39, 0.29) is 5.92 Å². The van der Waals surface area contributed by atoms with Crippen LogP contribution in [0.4, 0.5) is 0 Å². The molecule has 9 rings (SSSR count). The van der Waals surface area contributed by atoms with Crippen LogP contribution in [0.5, 0.6) is 23.0 Å². The highest BCUT2D eigenvalue weighted by Crippen LogP contribution is 2.40. The van der Waals surface area contributed by atoms with Gasteiger partial charge in [-0.3, -0.25) is 0 Å². The zero-order valence-corrected chi connectivity index (χ0v) is 37.5. The summed E-state index contributed by atoms with van der Waals surface area (Å²) in [5.74, 6) is 3.13. The molecule has 10 nitrogen and oxygen atoms in total. The van der Waals surface area contributed by atoms with Crippen molar-refractivity contribution in [3.63, 3.8) is 0 Å². The molecule has 65 heavy (non-hydrogen) atoms. The predicted molar refractivity (Wildman–Crippen MR) is 248 cm³/mol. The third-order valence-electron chi connectivity index (χ3n) is 13.3. The van der Waals surface area contributed by atoms with E-state index in [1.165, 1.54) is 31.2 Å². The minimum absolute atomic E-state index is 0.241. The zero-order valence-electron chi connectivity index (χ0n) is 37.5. The number of benzene rings is 5. The molecular formula is C55H62O10. The van der Waals surface area contributed by atoms with Crippen LogP contribution in [0.3, 0.4) is 0 Å². The molecule has 2 aliphatic heterocycles. The van der Waals surface area contributed by atoms with Crippen LogP contribution in [0.2, 0.25) is 0 Å². The molecule has 0 aromatic heterocycles. The number of unbranched alkanes of at least 4 members (excludes halogenated alkanes) is 2. The second-order valence-corrected chi connectivity index (χ2v) is 18.4. The smallest absolute Gasteiger partial charge is 0.343 e. The maximum Gasteiger partial charge on any atom is 0.343 e. The van der Waals surface area contributed by atoms with Crippen LogP contribution in [0, 0.1) is 11.8 Å². The first kappa shape index (κ1) is 44.9.